The predicted octanol–water partition coefficient (Wildman–Crippen LogP) is 1.16. The number of hydrogen-bond acceptors (Lipinski definition) is 4. The molecule has 4 heteroatoms. The minimum atomic E-state index is 0.435. The van der Waals surface area contributed by atoms with Crippen molar-refractivity contribution in [1.29, 1.82) is 0 Å². The summed E-state index contributed by atoms with van der Waals surface area (Å²) in [4.78, 5) is 0. The van der Waals surface area contributed by atoms with Crippen molar-refractivity contribution in [3.8, 4) is 0 Å². The summed E-state index contributed by atoms with van der Waals surface area (Å²) in [5.41, 5.74) is 11.0. The van der Waals surface area contributed by atoms with Crippen LogP contribution in [0.15, 0.2) is 0 Å². The van der Waals surface area contributed by atoms with Crippen LogP contribution in [0.1, 0.15) is 51.9 Å². The highest BCUT2D eigenvalue weighted by molar-refractivity contribution is 4.65. The van der Waals surface area contributed by atoms with E-state index in [4.69, 9.17) is 11.5 Å². The molecule has 0 unspecified atom stereocenters. The van der Waals surface area contributed by atoms with Crippen molar-refractivity contribution in [3.63, 3.8) is 0 Å². The van der Waals surface area contributed by atoms with Crippen molar-refractivity contribution in [2.75, 3.05) is 26.2 Å². The molecule has 0 aromatic rings. The minimum absolute atomic E-state index is 0.435. The second-order valence-corrected chi connectivity index (χ2v) is 4.59. The molecule has 0 amide bonds. The number of hydrogen-bond donors (Lipinski definition) is 4. The van der Waals surface area contributed by atoms with Gasteiger partial charge in [-0.05, 0) is 45.4 Å². The molecule has 0 aliphatic heterocycles. The molecule has 0 aliphatic rings. The Morgan fingerprint density at radius 3 is 1.88 bits per heavy atom. The van der Waals surface area contributed by atoms with Crippen LogP contribution < -0.4 is 22.1 Å². The highest BCUT2D eigenvalue weighted by Crippen LogP contribution is 2.04. The zero-order valence-electron chi connectivity index (χ0n) is 11.5. The lowest BCUT2D eigenvalue weighted by Gasteiger charge is -2.20. The van der Waals surface area contributed by atoms with Crippen LogP contribution in [0.2, 0.25) is 0 Å². The van der Waals surface area contributed by atoms with Crippen molar-refractivity contribution in [2.24, 2.45) is 11.5 Å². The third kappa shape index (κ3) is 12.1. The number of nitrogens with one attached hydrogen (secondary N) is 2. The first-order valence-electron chi connectivity index (χ1n) is 7.22. The van der Waals surface area contributed by atoms with Gasteiger partial charge in [0, 0.05) is 0 Å². The Labute approximate surface area is 107 Å². The Bertz CT molecular complexity index is 131. The summed E-state index contributed by atoms with van der Waals surface area (Å²) in [6.07, 6.45) is 9.01. The molecule has 0 spiro atoms. The maximum atomic E-state index is 5.50. The third-order valence-electron chi connectivity index (χ3n) is 2.89. The molecular weight excluding hydrogens is 212 g/mol. The molecular formula is C13H32N4. The van der Waals surface area contributed by atoms with Gasteiger partial charge < -0.3 is 22.1 Å². The fourth-order valence-electron chi connectivity index (χ4n) is 1.81. The molecule has 0 heterocycles. The Balaban J connectivity index is 3.60. The maximum absolute atomic E-state index is 5.50. The molecule has 0 saturated heterocycles. The average Bonchev–Trinajstić information content (AvgIpc) is 2.34. The highest BCUT2D eigenvalue weighted by Gasteiger charge is 2.05. The van der Waals surface area contributed by atoms with Crippen LogP contribution in [0.3, 0.4) is 0 Å². The molecule has 0 aromatic heterocycles. The van der Waals surface area contributed by atoms with Crippen molar-refractivity contribution in [1.82, 2.24) is 10.6 Å². The Morgan fingerprint density at radius 1 is 0.824 bits per heavy atom. The number of nitrogens with two attached hydrogens (primary N) is 2. The number of rotatable bonds is 13. The van der Waals surface area contributed by atoms with E-state index >= 15 is 0 Å². The predicted molar refractivity (Wildman–Crippen MR) is 75.9 cm³/mol. The van der Waals surface area contributed by atoms with Crippen LogP contribution in [-0.2, 0) is 0 Å². The van der Waals surface area contributed by atoms with Crippen LogP contribution in [0, 0.1) is 0 Å². The first-order valence-corrected chi connectivity index (χ1v) is 7.22. The van der Waals surface area contributed by atoms with E-state index < -0.39 is 0 Å². The van der Waals surface area contributed by atoms with Gasteiger partial charge in [0.15, 0.2) is 0 Å². The summed E-state index contributed by atoms with van der Waals surface area (Å²) in [6.45, 7) is 5.78. The molecule has 0 aromatic carbocycles. The van der Waals surface area contributed by atoms with E-state index in [1.54, 1.807) is 0 Å². The standard InChI is InChI=1S/C13H32N4/c1-2-3-4-5-8-13(16-11-6-9-14)17-12-7-10-15/h13,16-17H,2-12,14-15H2,1H3. The first kappa shape index (κ1) is 16.8. The molecule has 0 radical (unpaired) electrons. The number of unbranched alkanes of at least 4 members (excludes halogenated alkanes) is 3. The van der Waals surface area contributed by atoms with E-state index in [0.29, 0.717) is 6.17 Å². The van der Waals surface area contributed by atoms with Crippen molar-refractivity contribution >= 4 is 0 Å². The van der Waals surface area contributed by atoms with E-state index in [2.05, 4.69) is 17.6 Å². The molecule has 0 fully saturated rings. The lowest BCUT2D eigenvalue weighted by molar-refractivity contribution is 0.384. The fraction of sp³-hybridized carbons (Fsp3) is 1.00. The van der Waals surface area contributed by atoms with Gasteiger partial charge in [0.25, 0.3) is 0 Å². The average molecular weight is 244 g/mol. The summed E-state index contributed by atoms with van der Waals surface area (Å²) >= 11 is 0. The molecule has 4 nitrogen and oxygen atoms in total. The van der Waals surface area contributed by atoms with E-state index in [1.807, 2.05) is 0 Å². The summed E-state index contributed by atoms with van der Waals surface area (Å²) in [7, 11) is 0. The monoisotopic (exact) mass is 244 g/mol. The lowest BCUT2D eigenvalue weighted by atomic mass is 10.1. The van der Waals surface area contributed by atoms with Crippen molar-refractivity contribution in [2.45, 2.75) is 58.0 Å². The Morgan fingerprint density at radius 2 is 1.41 bits per heavy atom. The van der Waals surface area contributed by atoms with Crippen LogP contribution in [-0.4, -0.2) is 32.3 Å². The highest BCUT2D eigenvalue weighted by atomic mass is 15.1. The van der Waals surface area contributed by atoms with Crippen LogP contribution in [0.25, 0.3) is 0 Å². The summed E-state index contributed by atoms with van der Waals surface area (Å²) < 4.78 is 0. The van der Waals surface area contributed by atoms with Crippen molar-refractivity contribution < 1.29 is 0 Å². The minimum Gasteiger partial charge on any atom is -0.330 e. The van der Waals surface area contributed by atoms with Crippen LogP contribution >= 0.6 is 0 Å². The second-order valence-electron chi connectivity index (χ2n) is 4.59. The largest absolute Gasteiger partial charge is 0.330 e. The zero-order valence-corrected chi connectivity index (χ0v) is 11.5. The van der Waals surface area contributed by atoms with Crippen LogP contribution in [0.4, 0.5) is 0 Å². The van der Waals surface area contributed by atoms with E-state index in [1.165, 1.54) is 32.1 Å². The lowest BCUT2D eigenvalue weighted by Crippen LogP contribution is -2.43. The molecule has 17 heavy (non-hydrogen) atoms. The summed E-state index contributed by atoms with van der Waals surface area (Å²) in [5.74, 6) is 0. The molecule has 104 valence electrons. The van der Waals surface area contributed by atoms with E-state index in [-0.39, 0.29) is 0 Å². The zero-order chi connectivity index (χ0) is 12.8. The summed E-state index contributed by atoms with van der Waals surface area (Å²) in [5, 5.41) is 7.05. The Hall–Kier alpha value is -0.160. The van der Waals surface area contributed by atoms with Gasteiger partial charge in [-0.25, -0.2) is 0 Å². The second kappa shape index (κ2) is 13.9. The van der Waals surface area contributed by atoms with Gasteiger partial charge in [0.2, 0.25) is 0 Å². The normalized spacial score (nSPS) is 11.3. The van der Waals surface area contributed by atoms with E-state index in [9.17, 15) is 0 Å². The van der Waals surface area contributed by atoms with Crippen molar-refractivity contribution in [3.05, 3.63) is 0 Å². The van der Waals surface area contributed by atoms with Gasteiger partial charge in [-0.1, -0.05) is 32.6 Å². The van der Waals surface area contributed by atoms with Gasteiger partial charge in [0.05, 0.1) is 6.17 Å². The van der Waals surface area contributed by atoms with E-state index in [0.717, 1.165) is 39.0 Å². The summed E-state index contributed by atoms with van der Waals surface area (Å²) in [6, 6.07) is 0. The topological polar surface area (TPSA) is 76.1 Å². The van der Waals surface area contributed by atoms with Gasteiger partial charge in [-0.15, -0.1) is 0 Å². The van der Waals surface area contributed by atoms with Gasteiger partial charge in [-0.3, -0.25) is 0 Å². The molecule has 0 rings (SSSR count). The SMILES string of the molecule is CCCCCCC(NCCCN)NCCCN. The molecule has 0 atom stereocenters. The Kier molecular flexibility index (Phi) is 13.8. The molecule has 0 aliphatic carbocycles. The molecule has 0 saturated carbocycles. The van der Waals surface area contributed by atoms with Gasteiger partial charge >= 0.3 is 0 Å². The smallest absolute Gasteiger partial charge is 0.0571 e. The first-order chi connectivity index (χ1) is 8.35. The molecule has 6 N–H and O–H groups in total. The molecule has 0 bridgehead atoms. The van der Waals surface area contributed by atoms with Gasteiger partial charge in [-0.2, -0.15) is 0 Å². The quantitative estimate of drug-likeness (QED) is 0.290. The maximum Gasteiger partial charge on any atom is 0.0571 e. The fourth-order valence-corrected chi connectivity index (χ4v) is 1.81. The van der Waals surface area contributed by atoms with Gasteiger partial charge in [0.1, 0.15) is 0 Å². The van der Waals surface area contributed by atoms with Crippen LogP contribution in [0.5, 0.6) is 0 Å². The third-order valence-corrected chi connectivity index (χ3v) is 2.89.